The Hall–Kier alpha value is -5.85. The van der Waals surface area contributed by atoms with Gasteiger partial charge >= 0.3 is 0 Å². The summed E-state index contributed by atoms with van der Waals surface area (Å²) in [6.45, 7) is 15.0. The number of hydrogen-bond donors (Lipinski definition) is 0. The van der Waals surface area contributed by atoms with Crippen LogP contribution in [0, 0.1) is 11.3 Å². The number of nitrogens with zero attached hydrogens (tertiary/aromatic N) is 5. The van der Waals surface area contributed by atoms with Crippen molar-refractivity contribution in [2.45, 2.75) is 53.4 Å². The number of hydrogen-bond acceptors (Lipinski definition) is 5. The third-order valence-electron chi connectivity index (χ3n) is 13.2. The molecule has 0 spiro atoms. The fourth-order valence-electron chi connectivity index (χ4n) is 10.0. The molecular weight excluding hydrogens is 723 g/mol. The van der Waals surface area contributed by atoms with Gasteiger partial charge in [-0.15, -0.1) is 0 Å². The first kappa shape index (κ1) is 36.5. The van der Waals surface area contributed by atoms with Crippen LogP contribution < -0.4 is 35.3 Å². The largest absolute Gasteiger partial charge is 0.355 e. The molecule has 6 aromatic rings. The average Bonchev–Trinajstić information content (AvgIpc) is 3.72. The van der Waals surface area contributed by atoms with Crippen LogP contribution in [0.1, 0.15) is 59.1 Å². The smallest absolute Gasteiger partial charge is 0.202 e. The summed E-state index contributed by atoms with van der Waals surface area (Å²) in [7, 11) is 1.43. The van der Waals surface area contributed by atoms with Gasteiger partial charge in [0.2, 0.25) is 8.07 Å². The van der Waals surface area contributed by atoms with Crippen LogP contribution in [-0.2, 0) is 5.41 Å². The van der Waals surface area contributed by atoms with E-state index in [4.69, 9.17) is 4.98 Å². The highest BCUT2D eigenvalue weighted by atomic mass is 28.3. The Morgan fingerprint density at radius 1 is 0.638 bits per heavy atom. The Morgan fingerprint density at radius 2 is 1.34 bits per heavy atom. The number of para-hydroxylation sites is 4. The molecule has 290 valence electrons. The minimum atomic E-state index is -2.96. The van der Waals surface area contributed by atoms with Gasteiger partial charge in [0.1, 0.15) is 0 Å². The molecule has 58 heavy (non-hydrogen) atoms. The quantitative estimate of drug-likeness (QED) is 0.166. The monoisotopic (exact) mass is 775 g/mol. The van der Waals surface area contributed by atoms with Crippen LogP contribution in [0.2, 0.25) is 0 Å². The molecule has 0 N–H and O–H groups in total. The first-order chi connectivity index (χ1) is 27.9. The first-order valence-electron chi connectivity index (χ1n) is 20.8. The molecule has 2 atom stereocenters. The molecule has 6 heteroatoms. The van der Waals surface area contributed by atoms with Gasteiger partial charge in [0.25, 0.3) is 0 Å². The molecule has 5 aromatic carbocycles. The van der Waals surface area contributed by atoms with E-state index < -0.39 is 8.07 Å². The summed E-state index contributed by atoms with van der Waals surface area (Å²) >= 11 is 0. The molecule has 5 nitrogen and oxygen atoms in total. The Balaban J connectivity index is 1.24. The van der Waals surface area contributed by atoms with Crippen LogP contribution >= 0.6 is 0 Å². The van der Waals surface area contributed by atoms with Crippen LogP contribution in [-0.4, -0.2) is 33.8 Å². The number of benzene rings is 5. The van der Waals surface area contributed by atoms with E-state index in [-0.39, 0.29) is 10.8 Å². The summed E-state index contributed by atoms with van der Waals surface area (Å²) in [5.41, 5.74) is 13.8. The molecule has 4 aliphatic rings. The van der Waals surface area contributed by atoms with Gasteiger partial charge in [0.05, 0.1) is 40.8 Å². The second-order valence-electron chi connectivity index (χ2n) is 18.7. The molecular formula is C52H53N5Si. The summed E-state index contributed by atoms with van der Waals surface area (Å²) in [5, 5.41) is 5.51. The predicted molar refractivity (Wildman–Crippen MR) is 249 cm³/mol. The lowest BCUT2D eigenvalue weighted by Gasteiger charge is -2.41. The van der Waals surface area contributed by atoms with Gasteiger partial charge in [0, 0.05) is 37.0 Å². The van der Waals surface area contributed by atoms with Crippen LogP contribution in [0.5, 0.6) is 0 Å². The van der Waals surface area contributed by atoms with Crippen LogP contribution in [0.4, 0.5) is 45.5 Å². The van der Waals surface area contributed by atoms with Gasteiger partial charge in [-0.25, -0.2) is 0 Å². The predicted octanol–water partition coefficient (Wildman–Crippen LogP) is 10.9. The van der Waals surface area contributed by atoms with Crippen molar-refractivity contribution in [3.05, 3.63) is 162 Å². The molecule has 3 aliphatic heterocycles. The van der Waals surface area contributed by atoms with E-state index >= 15 is 0 Å². The van der Waals surface area contributed by atoms with Gasteiger partial charge in [-0.2, -0.15) is 0 Å². The molecule has 10 rings (SSSR count). The zero-order valence-electron chi connectivity index (χ0n) is 35.1. The number of anilines is 8. The van der Waals surface area contributed by atoms with E-state index in [1.807, 2.05) is 6.20 Å². The minimum absolute atomic E-state index is 0.00148. The van der Waals surface area contributed by atoms with Crippen molar-refractivity contribution in [1.82, 2.24) is 4.98 Å². The Bertz CT molecular complexity index is 2670. The highest BCUT2D eigenvalue weighted by molar-refractivity contribution is 7.18. The third kappa shape index (κ3) is 5.45. The van der Waals surface area contributed by atoms with Crippen LogP contribution in [0.3, 0.4) is 0 Å². The number of aromatic nitrogens is 1. The van der Waals surface area contributed by atoms with Crippen LogP contribution in [0.25, 0.3) is 5.57 Å². The fourth-order valence-corrected chi connectivity index (χ4v) is 15.2. The second kappa shape index (κ2) is 13.1. The first-order valence-corrected chi connectivity index (χ1v) is 22.8. The molecule has 4 heterocycles. The molecule has 1 aromatic heterocycles. The molecule has 1 aliphatic carbocycles. The van der Waals surface area contributed by atoms with E-state index in [0.717, 1.165) is 18.8 Å². The van der Waals surface area contributed by atoms with E-state index in [2.05, 4.69) is 215 Å². The van der Waals surface area contributed by atoms with E-state index in [1.165, 1.54) is 77.4 Å². The van der Waals surface area contributed by atoms with Gasteiger partial charge in [-0.05, 0) is 122 Å². The number of rotatable bonds is 4. The Morgan fingerprint density at radius 3 is 2.09 bits per heavy atom. The maximum absolute atomic E-state index is 5.36. The maximum atomic E-state index is 5.36. The van der Waals surface area contributed by atoms with Gasteiger partial charge in [-0.3, -0.25) is 4.98 Å². The van der Waals surface area contributed by atoms with Crippen molar-refractivity contribution in [2.24, 2.45) is 11.3 Å². The van der Waals surface area contributed by atoms with E-state index in [0.29, 0.717) is 5.92 Å². The van der Waals surface area contributed by atoms with Crippen molar-refractivity contribution in [3.8, 4) is 0 Å². The number of allylic oxidation sites excluding steroid dienone is 4. The molecule has 0 radical (unpaired) electrons. The second-order valence-corrected chi connectivity index (χ2v) is 22.4. The molecule has 0 bridgehead atoms. The molecule has 0 amide bonds. The van der Waals surface area contributed by atoms with E-state index in [1.54, 1.807) is 0 Å². The van der Waals surface area contributed by atoms with Crippen molar-refractivity contribution in [3.63, 3.8) is 0 Å². The fraction of sp³-hybridized carbons (Fsp3) is 0.250. The lowest BCUT2D eigenvalue weighted by molar-refractivity contribution is 0.293. The summed E-state index contributed by atoms with van der Waals surface area (Å²) in [6.07, 6.45) is 8.30. The summed E-state index contributed by atoms with van der Waals surface area (Å²) in [5.74, 6) is 0.419. The molecule has 1 unspecified atom stereocenters. The summed E-state index contributed by atoms with van der Waals surface area (Å²) < 4.78 is 0. The lowest BCUT2D eigenvalue weighted by Crippen LogP contribution is -2.68. The summed E-state index contributed by atoms with van der Waals surface area (Å²) in [4.78, 5) is 15.0. The van der Waals surface area contributed by atoms with Crippen molar-refractivity contribution in [2.75, 3.05) is 40.4 Å². The van der Waals surface area contributed by atoms with Crippen molar-refractivity contribution < 1.29 is 0 Å². The minimum Gasteiger partial charge on any atom is -0.355 e. The van der Waals surface area contributed by atoms with Gasteiger partial charge in [-0.1, -0.05) is 114 Å². The van der Waals surface area contributed by atoms with Crippen molar-refractivity contribution >= 4 is 74.8 Å². The standard InChI is InChI=1S/C52H53N5Si/c1-51(2,3)35-23-26-40-41-27-24-36(52(4,5)6)31-49(41)58(48(40)30-35,50-22-13-14-29-53-50)39-25-28-44-47(33-39)57(46-21-12-10-19-43(46)55(44)8)38-17-15-16-37(32-38)56-34-54(7)42-18-9-11-20-45(42)56/h9-23,25-33,36H,24,34H2,1-8H3/t36-,58?/m1/s1. The highest BCUT2D eigenvalue weighted by Crippen LogP contribution is 2.53. The number of pyridine rings is 1. The van der Waals surface area contributed by atoms with Gasteiger partial charge < -0.3 is 19.6 Å². The van der Waals surface area contributed by atoms with Crippen LogP contribution in [0.15, 0.2) is 151 Å². The molecule has 0 saturated carbocycles. The van der Waals surface area contributed by atoms with Gasteiger partial charge in [0.15, 0.2) is 0 Å². The normalized spacial score (nSPS) is 19.6. The molecule has 0 fully saturated rings. The summed E-state index contributed by atoms with van der Waals surface area (Å²) in [6, 6.07) is 48.0. The zero-order chi connectivity index (χ0) is 40.1. The third-order valence-corrected chi connectivity index (χ3v) is 17.9. The topological polar surface area (TPSA) is 25.9 Å². The Labute approximate surface area is 345 Å². The number of fused-ring (bicyclic) bond motifs is 6. The Kier molecular flexibility index (Phi) is 8.23. The maximum Gasteiger partial charge on any atom is 0.202 e. The SMILES string of the molecule is CN1CN(c2cccc(N3c4ccccc4N(C)c4ccc([Si]5(c6ccccn6)C6=C[C@H](C(C)(C)C)CC=C6c6ccc(C(C)(C)C)cc65)cc43)c2)c2ccccc21. The average molecular weight is 776 g/mol. The zero-order valence-corrected chi connectivity index (χ0v) is 36.1. The molecule has 0 saturated heterocycles. The van der Waals surface area contributed by atoms with Crippen molar-refractivity contribution in [1.29, 1.82) is 0 Å². The highest BCUT2D eigenvalue weighted by Gasteiger charge is 2.54. The van der Waals surface area contributed by atoms with E-state index in [9.17, 15) is 0 Å². The lowest BCUT2D eigenvalue weighted by atomic mass is 9.76.